The van der Waals surface area contributed by atoms with E-state index in [1.54, 1.807) is 12.1 Å². The molecule has 1 aromatic carbocycles. The number of halogens is 2. The van der Waals surface area contributed by atoms with E-state index >= 15 is 0 Å². The summed E-state index contributed by atoms with van der Waals surface area (Å²) in [6.45, 7) is 1.87. The van der Waals surface area contributed by atoms with E-state index in [2.05, 4.69) is 4.24 Å². The Morgan fingerprint density at radius 3 is 1.93 bits per heavy atom. The van der Waals surface area contributed by atoms with Crippen LogP contribution in [-0.2, 0) is 10.0 Å². The molecule has 3 nitrogen and oxygen atoms in total. The molecule has 0 heterocycles. The van der Waals surface area contributed by atoms with Crippen molar-refractivity contribution in [2.45, 2.75) is 11.8 Å². The summed E-state index contributed by atoms with van der Waals surface area (Å²) in [6, 6.07) is 6.32. The second-order valence-electron chi connectivity index (χ2n) is 2.36. The Morgan fingerprint density at radius 2 is 1.60 bits per heavy atom. The molecule has 0 saturated carbocycles. The Balaban J connectivity index is 0. The largest absolute Gasteiger partial charge is 1.00 e. The first-order chi connectivity index (χ1) is 6.56. The molecule has 0 unspecified atom stereocenters. The first-order valence-corrected chi connectivity index (χ1v) is 8.39. The molecule has 0 atom stereocenters. The van der Waals surface area contributed by atoms with Gasteiger partial charge in [-0.15, -0.1) is 0 Å². The van der Waals surface area contributed by atoms with Crippen LogP contribution in [0.25, 0.3) is 4.24 Å². The van der Waals surface area contributed by atoms with E-state index in [1.807, 2.05) is 6.92 Å². The van der Waals surface area contributed by atoms with Gasteiger partial charge in [0.05, 0.1) is 0 Å². The summed E-state index contributed by atoms with van der Waals surface area (Å²) < 4.78 is 24.8. The summed E-state index contributed by atoms with van der Waals surface area (Å²) in [5.74, 6) is 0. The van der Waals surface area contributed by atoms with Crippen molar-refractivity contribution in [3.8, 4) is 0 Å². The summed E-state index contributed by atoms with van der Waals surface area (Å²) in [5.41, 5.74) is 0.989. The van der Waals surface area contributed by atoms with Gasteiger partial charge in [-0.25, -0.2) is 8.42 Å². The van der Waals surface area contributed by atoms with Gasteiger partial charge in [0.15, 0.2) is 0 Å². The molecular weight excluding hydrogens is 284 g/mol. The molecule has 0 aliphatic rings. The number of hydrogen-bond donors (Lipinski definition) is 0. The molecule has 15 heavy (non-hydrogen) atoms. The maximum atomic E-state index is 11.0. The fourth-order valence-corrected chi connectivity index (χ4v) is 1.55. The molecule has 0 N–H and O–H groups in total. The third-order valence-electron chi connectivity index (χ3n) is 1.41. The van der Waals surface area contributed by atoms with Crippen LogP contribution in [0.3, 0.4) is 0 Å². The summed E-state index contributed by atoms with van der Waals surface area (Å²) in [7, 11) is -2.85. The monoisotopic (exact) mass is 293 g/mol. The van der Waals surface area contributed by atoms with Crippen molar-refractivity contribution >= 4 is 42.4 Å². The van der Waals surface area contributed by atoms with Gasteiger partial charge in [-0.2, -0.15) is 11.1 Å². The molecular formula is C7H10Cl2NNaO2SSi. The Kier molecular flexibility index (Phi) is 11.0. The topological polar surface area (TPSA) is 48.2 Å². The second kappa shape index (κ2) is 9.01. The molecule has 0 bridgehead atoms. The standard InChI is InChI=1S/C7H7ClNO2S.ClH3Si.Na/c1-6-2-4-7(5-3-6)12(10,11)9-8;1-2;/h2-5H,1H3;2H3;/q-1;;+1. The molecule has 0 aromatic heterocycles. The zero-order valence-electron chi connectivity index (χ0n) is 8.74. The molecule has 0 spiro atoms. The number of hydrogen-bond acceptors (Lipinski definition) is 2. The minimum atomic E-state index is -3.62. The summed E-state index contributed by atoms with van der Waals surface area (Å²) in [6.07, 6.45) is 0. The van der Waals surface area contributed by atoms with Gasteiger partial charge in [-0.3, -0.25) is 11.8 Å². The third kappa shape index (κ3) is 6.28. The van der Waals surface area contributed by atoms with Crippen LogP contribution in [0, 0.1) is 6.92 Å². The van der Waals surface area contributed by atoms with E-state index in [0.29, 0.717) is 0 Å². The zero-order valence-corrected chi connectivity index (χ0v) is 15.1. The smallest absolute Gasteiger partial charge is 0.458 e. The van der Waals surface area contributed by atoms with Crippen LogP contribution in [0.4, 0.5) is 0 Å². The molecule has 0 saturated heterocycles. The minimum Gasteiger partial charge on any atom is -0.458 e. The van der Waals surface area contributed by atoms with Crippen LogP contribution < -0.4 is 29.6 Å². The summed E-state index contributed by atoms with van der Waals surface area (Å²) >= 11 is 9.68. The van der Waals surface area contributed by atoms with Crippen LogP contribution >= 0.6 is 22.9 Å². The average Bonchev–Trinajstić information content (AvgIpc) is 2.21. The summed E-state index contributed by atoms with van der Waals surface area (Å²) in [5, 5.41) is 0. The molecule has 0 aliphatic carbocycles. The number of nitrogens with zero attached hydrogens (tertiary/aromatic N) is 1. The first-order valence-electron chi connectivity index (χ1n) is 3.59. The molecule has 0 amide bonds. The Bertz CT molecular complexity index is 371. The van der Waals surface area contributed by atoms with Gasteiger partial charge in [0.2, 0.25) is 0 Å². The van der Waals surface area contributed by atoms with Gasteiger partial charge in [-0.05, 0) is 19.1 Å². The first kappa shape index (κ1) is 18.3. The maximum absolute atomic E-state index is 11.0. The van der Waals surface area contributed by atoms with Gasteiger partial charge in [0, 0.05) is 4.90 Å². The van der Waals surface area contributed by atoms with E-state index < -0.39 is 10.0 Å². The van der Waals surface area contributed by atoms with Gasteiger partial charge < -0.3 is 4.24 Å². The van der Waals surface area contributed by atoms with E-state index in [0.717, 1.165) is 15.1 Å². The van der Waals surface area contributed by atoms with Gasteiger partial charge >= 0.3 is 29.6 Å². The maximum Gasteiger partial charge on any atom is 1.00 e. The third-order valence-corrected chi connectivity index (χ3v) is 3.00. The van der Waals surface area contributed by atoms with E-state index in [9.17, 15) is 8.42 Å². The van der Waals surface area contributed by atoms with Crippen molar-refractivity contribution in [2.24, 2.45) is 0 Å². The van der Waals surface area contributed by atoms with Gasteiger partial charge in [0.25, 0.3) is 0 Å². The van der Waals surface area contributed by atoms with Crippen LogP contribution in [0.1, 0.15) is 5.56 Å². The van der Waals surface area contributed by atoms with Crippen LogP contribution in [-0.4, -0.2) is 18.0 Å². The molecule has 0 aliphatic heterocycles. The average molecular weight is 294 g/mol. The van der Waals surface area contributed by atoms with Crippen molar-refractivity contribution < 1.29 is 38.0 Å². The fraction of sp³-hybridized carbons (Fsp3) is 0.143. The van der Waals surface area contributed by atoms with Crippen LogP contribution in [0.2, 0.25) is 0 Å². The Labute approximate surface area is 125 Å². The van der Waals surface area contributed by atoms with E-state index in [-0.39, 0.29) is 34.5 Å². The number of sulfonamides is 1. The number of benzene rings is 1. The Morgan fingerprint density at radius 1 is 1.20 bits per heavy atom. The van der Waals surface area contributed by atoms with Gasteiger partial charge in [0.1, 0.15) is 19.6 Å². The minimum absolute atomic E-state index is 0. The predicted octanol–water partition coefficient (Wildman–Crippen LogP) is -1.28. The van der Waals surface area contributed by atoms with Crippen molar-refractivity contribution in [1.29, 1.82) is 0 Å². The molecule has 80 valence electrons. The predicted molar refractivity (Wildman–Crippen MR) is 63.4 cm³/mol. The SMILES string of the molecule is Cc1ccc(S(=O)(=O)[N-]Cl)cc1.[Na+].[SiH3]Cl. The molecule has 0 fully saturated rings. The molecule has 8 heteroatoms. The number of rotatable bonds is 2. The van der Waals surface area contributed by atoms with Gasteiger partial charge in [-0.1, -0.05) is 17.7 Å². The number of aryl methyl sites for hydroxylation is 1. The molecule has 0 radical (unpaired) electrons. The molecule has 1 aromatic rings. The van der Waals surface area contributed by atoms with Crippen molar-refractivity contribution in [1.82, 2.24) is 0 Å². The quantitative estimate of drug-likeness (QED) is 0.504. The fourth-order valence-electron chi connectivity index (χ4n) is 0.750. The van der Waals surface area contributed by atoms with Crippen molar-refractivity contribution in [3.05, 3.63) is 34.1 Å². The Hall–Kier alpha value is 0.927. The zero-order chi connectivity index (χ0) is 11.2. The van der Waals surface area contributed by atoms with Crippen LogP contribution in [0.15, 0.2) is 29.2 Å². The van der Waals surface area contributed by atoms with Crippen molar-refractivity contribution in [2.75, 3.05) is 0 Å². The van der Waals surface area contributed by atoms with E-state index in [4.69, 9.17) is 22.9 Å². The van der Waals surface area contributed by atoms with Crippen LogP contribution in [0.5, 0.6) is 0 Å². The summed E-state index contributed by atoms with van der Waals surface area (Å²) in [4.78, 5) is 0.114. The normalized spacial score (nSPS) is 9.80. The second-order valence-corrected chi connectivity index (χ2v) is 4.33. The van der Waals surface area contributed by atoms with E-state index in [1.165, 1.54) is 12.1 Å². The van der Waals surface area contributed by atoms with Crippen molar-refractivity contribution in [3.63, 3.8) is 0 Å². The molecule has 1 rings (SSSR count).